The van der Waals surface area contributed by atoms with Gasteiger partial charge in [0.05, 0.1) is 6.07 Å². The van der Waals surface area contributed by atoms with Gasteiger partial charge in [0, 0.05) is 12.3 Å². The van der Waals surface area contributed by atoms with Gasteiger partial charge in [-0.2, -0.15) is 5.26 Å². The Kier molecular flexibility index (Phi) is 2.99. The molecule has 0 saturated heterocycles. The van der Waals surface area contributed by atoms with Gasteiger partial charge in [0.2, 0.25) is 0 Å². The van der Waals surface area contributed by atoms with Crippen LogP contribution in [0.3, 0.4) is 0 Å². The van der Waals surface area contributed by atoms with Gasteiger partial charge in [-0.15, -0.1) is 0 Å². The molecular weight excluding hydrogens is 236 g/mol. The Morgan fingerprint density at radius 3 is 2.74 bits per heavy atom. The Morgan fingerprint density at radius 2 is 1.95 bits per heavy atom. The Morgan fingerprint density at radius 1 is 1.11 bits per heavy atom. The molecule has 0 bridgehead atoms. The minimum absolute atomic E-state index is 0.0762. The predicted molar refractivity (Wildman–Crippen MR) is 72.5 cm³/mol. The summed E-state index contributed by atoms with van der Waals surface area (Å²) >= 11 is 0. The molecule has 1 aromatic heterocycles. The van der Waals surface area contributed by atoms with Crippen LogP contribution in [0.4, 0.5) is 0 Å². The van der Waals surface area contributed by atoms with E-state index in [1.54, 1.807) is 0 Å². The lowest BCUT2D eigenvalue weighted by atomic mass is 9.89. The second-order valence-electron chi connectivity index (χ2n) is 4.41. The number of rotatable bonds is 3. The van der Waals surface area contributed by atoms with Gasteiger partial charge in [-0.1, -0.05) is 36.4 Å². The molecule has 1 heterocycles. The van der Waals surface area contributed by atoms with Crippen molar-refractivity contribution in [1.29, 1.82) is 5.26 Å². The smallest absolute Gasteiger partial charge is 0.181 e. The average Bonchev–Trinajstić information content (AvgIpc) is 2.93. The molecule has 0 amide bonds. The molecule has 1 unspecified atom stereocenters. The van der Waals surface area contributed by atoms with Gasteiger partial charge in [0.25, 0.3) is 0 Å². The Balaban J connectivity index is 2.06. The molecule has 0 saturated carbocycles. The van der Waals surface area contributed by atoms with Gasteiger partial charge in [-0.05, 0) is 23.3 Å². The number of benzene rings is 2. The standard InChI is InChI=1S/C16H12N2O/c17-9-8-14(12-4-2-1-3-5-12)13-6-7-16-15(10-13)18-11-19-16/h1-7,10-11,14H,8H2. The molecule has 3 rings (SSSR count). The average molecular weight is 248 g/mol. The second-order valence-corrected chi connectivity index (χ2v) is 4.41. The highest BCUT2D eigenvalue weighted by atomic mass is 16.3. The number of nitriles is 1. The molecule has 1 atom stereocenters. The SMILES string of the molecule is N#CCC(c1ccccc1)c1ccc2ocnc2c1. The minimum Gasteiger partial charge on any atom is -0.443 e. The molecule has 92 valence electrons. The Hall–Kier alpha value is -2.60. The van der Waals surface area contributed by atoms with Crippen LogP contribution in [0.1, 0.15) is 23.5 Å². The predicted octanol–water partition coefficient (Wildman–Crippen LogP) is 3.87. The maximum absolute atomic E-state index is 9.05. The van der Waals surface area contributed by atoms with Crippen LogP contribution in [0.2, 0.25) is 0 Å². The van der Waals surface area contributed by atoms with Crippen LogP contribution in [0.5, 0.6) is 0 Å². The number of nitrogens with zero attached hydrogens (tertiary/aromatic N) is 2. The third kappa shape index (κ3) is 2.21. The second kappa shape index (κ2) is 4.95. The fourth-order valence-electron chi connectivity index (χ4n) is 2.30. The molecule has 3 heteroatoms. The van der Waals surface area contributed by atoms with E-state index in [-0.39, 0.29) is 5.92 Å². The van der Waals surface area contributed by atoms with Crippen LogP contribution < -0.4 is 0 Å². The Labute approximate surface area is 111 Å². The molecule has 2 aromatic carbocycles. The van der Waals surface area contributed by atoms with E-state index in [0.29, 0.717) is 6.42 Å². The summed E-state index contributed by atoms with van der Waals surface area (Å²) in [6, 6.07) is 18.2. The summed E-state index contributed by atoms with van der Waals surface area (Å²) in [7, 11) is 0. The van der Waals surface area contributed by atoms with Crippen LogP contribution in [0.15, 0.2) is 59.3 Å². The van der Waals surface area contributed by atoms with Crippen LogP contribution in [-0.2, 0) is 0 Å². The molecule has 19 heavy (non-hydrogen) atoms. The zero-order valence-electron chi connectivity index (χ0n) is 10.3. The van der Waals surface area contributed by atoms with Crippen molar-refractivity contribution >= 4 is 11.1 Å². The lowest BCUT2D eigenvalue weighted by Gasteiger charge is -2.14. The third-order valence-corrected chi connectivity index (χ3v) is 3.25. The van der Waals surface area contributed by atoms with E-state index >= 15 is 0 Å². The summed E-state index contributed by atoms with van der Waals surface area (Å²) in [4.78, 5) is 4.17. The first-order valence-corrected chi connectivity index (χ1v) is 6.13. The quantitative estimate of drug-likeness (QED) is 0.706. The van der Waals surface area contributed by atoms with E-state index < -0.39 is 0 Å². The summed E-state index contributed by atoms with van der Waals surface area (Å²) in [5.41, 5.74) is 3.84. The van der Waals surface area contributed by atoms with Crippen molar-refractivity contribution in [3.05, 3.63) is 66.1 Å². The molecule has 0 radical (unpaired) electrons. The highest BCUT2D eigenvalue weighted by molar-refractivity contribution is 5.73. The first kappa shape index (κ1) is 11.5. The maximum Gasteiger partial charge on any atom is 0.181 e. The van der Waals surface area contributed by atoms with E-state index in [9.17, 15) is 0 Å². The molecular formula is C16H12N2O. The zero-order valence-corrected chi connectivity index (χ0v) is 10.3. The van der Waals surface area contributed by atoms with Crippen molar-refractivity contribution in [2.45, 2.75) is 12.3 Å². The van der Waals surface area contributed by atoms with E-state index in [1.165, 1.54) is 6.39 Å². The minimum atomic E-state index is 0.0762. The van der Waals surface area contributed by atoms with E-state index in [2.05, 4.69) is 23.2 Å². The highest BCUT2D eigenvalue weighted by Gasteiger charge is 2.14. The van der Waals surface area contributed by atoms with Gasteiger partial charge >= 0.3 is 0 Å². The maximum atomic E-state index is 9.05. The Bertz CT molecular complexity index is 725. The molecule has 0 aliphatic heterocycles. The van der Waals surface area contributed by atoms with Gasteiger partial charge in [0.1, 0.15) is 5.52 Å². The van der Waals surface area contributed by atoms with Crippen LogP contribution >= 0.6 is 0 Å². The molecule has 3 nitrogen and oxygen atoms in total. The fourth-order valence-corrected chi connectivity index (χ4v) is 2.30. The van der Waals surface area contributed by atoms with Crippen LogP contribution in [0.25, 0.3) is 11.1 Å². The van der Waals surface area contributed by atoms with Gasteiger partial charge in [0.15, 0.2) is 12.0 Å². The molecule has 0 fully saturated rings. The molecule has 0 aliphatic carbocycles. The number of aromatic nitrogens is 1. The lowest BCUT2D eigenvalue weighted by molar-refractivity contribution is 0.602. The van der Waals surface area contributed by atoms with Gasteiger partial charge in [-0.25, -0.2) is 4.98 Å². The van der Waals surface area contributed by atoms with Gasteiger partial charge < -0.3 is 4.42 Å². The number of oxazole rings is 1. The number of hydrogen-bond donors (Lipinski definition) is 0. The molecule has 3 aromatic rings. The van der Waals surface area contributed by atoms with Crippen molar-refractivity contribution in [1.82, 2.24) is 4.98 Å². The fraction of sp³-hybridized carbons (Fsp3) is 0.125. The zero-order chi connectivity index (χ0) is 13.1. The summed E-state index contributed by atoms with van der Waals surface area (Å²) in [6.45, 7) is 0. The van der Waals surface area contributed by atoms with E-state index in [4.69, 9.17) is 9.68 Å². The first-order chi connectivity index (χ1) is 9.38. The van der Waals surface area contributed by atoms with Crippen molar-refractivity contribution in [2.24, 2.45) is 0 Å². The molecule has 0 N–H and O–H groups in total. The summed E-state index contributed by atoms with van der Waals surface area (Å²) in [5, 5.41) is 9.05. The molecule has 0 spiro atoms. The first-order valence-electron chi connectivity index (χ1n) is 6.13. The monoisotopic (exact) mass is 248 g/mol. The third-order valence-electron chi connectivity index (χ3n) is 3.25. The normalized spacial score (nSPS) is 12.2. The van der Waals surface area contributed by atoms with Crippen molar-refractivity contribution in [3.63, 3.8) is 0 Å². The number of fused-ring (bicyclic) bond motifs is 1. The lowest BCUT2D eigenvalue weighted by Crippen LogP contribution is -2.00. The van der Waals surface area contributed by atoms with Crippen molar-refractivity contribution in [3.8, 4) is 6.07 Å². The summed E-state index contributed by atoms with van der Waals surface area (Å²) in [5.74, 6) is 0.0762. The van der Waals surface area contributed by atoms with Crippen LogP contribution in [0, 0.1) is 11.3 Å². The van der Waals surface area contributed by atoms with E-state index in [1.807, 2.05) is 36.4 Å². The molecule has 0 aliphatic rings. The van der Waals surface area contributed by atoms with Crippen LogP contribution in [-0.4, -0.2) is 4.98 Å². The van der Waals surface area contributed by atoms with Gasteiger partial charge in [-0.3, -0.25) is 0 Å². The topological polar surface area (TPSA) is 49.8 Å². The largest absolute Gasteiger partial charge is 0.443 e. The van der Waals surface area contributed by atoms with Crippen molar-refractivity contribution in [2.75, 3.05) is 0 Å². The van der Waals surface area contributed by atoms with E-state index in [0.717, 1.165) is 22.2 Å². The number of hydrogen-bond acceptors (Lipinski definition) is 3. The van der Waals surface area contributed by atoms with Crippen molar-refractivity contribution < 1.29 is 4.42 Å². The summed E-state index contributed by atoms with van der Waals surface area (Å²) in [6.07, 6.45) is 1.89. The summed E-state index contributed by atoms with van der Waals surface area (Å²) < 4.78 is 5.24. The highest BCUT2D eigenvalue weighted by Crippen LogP contribution is 2.29.